The van der Waals surface area contributed by atoms with Gasteiger partial charge in [-0.15, -0.1) is 0 Å². The molecule has 0 unspecified atom stereocenters. The number of amides is 1. The largest absolute Gasteiger partial charge is 0.304 e. The van der Waals surface area contributed by atoms with Gasteiger partial charge in [-0.1, -0.05) is 98.8 Å². The van der Waals surface area contributed by atoms with Crippen LogP contribution in [0.4, 0.5) is 5.69 Å². The molecule has 0 bridgehead atoms. The number of benzene rings is 4. The van der Waals surface area contributed by atoms with E-state index in [1.165, 1.54) is 5.56 Å². The summed E-state index contributed by atoms with van der Waals surface area (Å²) >= 11 is 0. The minimum atomic E-state index is 0.00717. The van der Waals surface area contributed by atoms with Crippen LogP contribution < -0.4 is 4.90 Å². The Hall–Kier alpha value is -3.69. The molecular formula is C33H36N2O. The third-order valence-corrected chi connectivity index (χ3v) is 6.78. The summed E-state index contributed by atoms with van der Waals surface area (Å²) < 4.78 is 0. The van der Waals surface area contributed by atoms with Crippen LogP contribution in [0.2, 0.25) is 0 Å². The summed E-state index contributed by atoms with van der Waals surface area (Å²) in [6.07, 6.45) is 2.18. The van der Waals surface area contributed by atoms with Crippen molar-refractivity contribution in [2.45, 2.75) is 33.2 Å². The second-order valence-electron chi connectivity index (χ2n) is 9.08. The Morgan fingerprint density at radius 1 is 0.694 bits per heavy atom. The molecule has 184 valence electrons. The summed E-state index contributed by atoms with van der Waals surface area (Å²) in [5.41, 5.74) is 6.34. The monoisotopic (exact) mass is 476 g/mol. The molecule has 3 nitrogen and oxygen atoms in total. The second kappa shape index (κ2) is 12.9. The minimum Gasteiger partial charge on any atom is -0.304 e. The first kappa shape index (κ1) is 25.4. The number of rotatable bonds is 11. The SMILES string of the molecule is CCN(CC)CCCc1ccc(N(Cc2ccccc2-c2ccccc2)C(=O)c2ccccc2)cc1. The van der Waals surface area contributed by atoms with Crippen LogP contribution in [0.5, 0.6) is 0 Å². The van der Waals surface area contributed by atoms with Gasteiger partial charge in [0.15, 0.2) is 0 Å². The zero-order valence-electron chi connectivity index (χ0n) is 21.4. The van der Waals surface area contributed by atoms with Crippen molar-refractivity contribution in [3.63, 3.8) is 0 Å². The van der Waals surface area contributed by atoms with Gasteiger partial charge in [0.2, 0.25) is 0 Å². The van der Waals surface area contributed by atoms with Crippen LogP contribution in [0.1, 0.15) is 41.8 Å². The van der Waals surface area contributed by atoms with Crippen LogP contribution in [0.25, 0.3) is 11.1 Å². The fraction of sp³-hybridized carbons (Fsp3) is 0.242. The average Bonchev–Trinajstić information content (AvgIpc) is 2.95. The van der Waals surface area contributed by atoms with Gasteiger partial charge in [-0.2, -0.15) is 0 Å². The number of nitrogens with zero attached hydrogens (tertiary/aromatic N) is 2. The topological polar surface area (TPSA) is 23.6 Å². The molecule has 0 N–H and O–H groups in total. The fourth-order valence-corrected chi connectivity index (χ4v) is 4.63. The third-order valence-electron chi connectivity index (χ3n) is 6.78. The number of hydrogen-bond acceptors (Lipinski definition) is 2. The van der Waals surface area contributed by atoms with Crippen LogP contribution in [0.3, 0.4) is 0 Å². The predicted molar refractivity (Wildman–Crippen MR) is 151 cm³/mol. The van der Waals surface area contributed by atoms with E-state index < -0.39 is 0 Å². The van der Waals surface area contributed by atoms with Crippen molar-refractivity contribution in [2.24, 2.45) is 0 Å². The van der Waals surface area contributed by atoms with Crippen molar-refractivity contribution in [3.8, 4) is 11.1 Å². The van der Waals surface area contributed by atoms with E-state index in [1.807, 2.05) is 47.4 Å². The Bertz CT molecular complexity index is 1220. The molecule has 0 aliphatic rings. The summed E-state index contributed by atoms with van der Waals surface area (Å²) in [4.78, 5) is 18.1. The molecule has 0 saturated carbocycles. The van der Waals surface area contributed by atoms with Gasteiger partial charge < -0.3 is 9.80 Å². The number of anilines is 1. The quantitative estimate of drug-likeness (QED) is 0.224. The molecule has 4 aromatic rings. The molecule has 3 heteroatoms. The normalized spacial score (nSPS) is 11.0. The van der Waals surface area contributed by atoms with E-state index in [-0.39, 0.29) is 5.91 Å². The van der Waals surface area contributed by atoms with E-state index in [0.717, 1.165) is 54.9 Å². The van der Waals surface area contributed by atoms with Crippen molar-refractivity contribution >= 4 is 11.6 Å². The maximum atomic E-state index is 13.7. The summed E-state index contributed by atoms with van der Waals surface area (Å²) in [6.45, 7) is 8.23. The summed E-state index contributed by atoms with van der Waals surface area (Å²) in [5.74, 6) is 0.00717. The van der Waals surface area contributed by atoms with Crippen LogP contribution in [0, 0.1) is 0 Å². The van der Waals surface area contributed by atoms with E-state index >= 15 is 0 Å². The highest BCUT2D eigenvalue weighted by Crippen LogP contribution is 2.28. The number of carbonyl (C=O) groups is 1. The Morgan fingerprint density at radius 3 is 1.97 bits per heavy atom. The van der Waals surface area contributed by atoms with Gasteiger partial charge in [-0.3, -0.25) is 4.79 Å². The zero-order chi connectivity index (χ0) is 25.2. The molecule has 1 amide bonds. The Kier molecular flexibility index (Phi) is 9.07. The zero-order valence-corrected chi connectivity index (χ0v) is 21.4. The van der Waals surface area contributed by atoms with E-state index in [1.54, 1.807) is 0 Å². The Balaban J connectivity index is 1.60. The molecule has 0 radical (unpaired) electrons. The molecule has 36 heavy (non-hydrogen) atoms. The molecule has 0 aromatic heterocycles. The lowest BCUT2D eigenvalue weighted by Crippen LogP contribution is -2.30. The minimum absolute atomic E-state index is 0.00717. The van der Waals surface area contributed by atoms with E-state index in [0.29, 0.717) is 12.1 Å². The van der Waals surface area contributed by atoms with Crippen LogP contribution >= 0.6 is 0 Å². The van der Waals surface area contributed by atoms with Crippen molar-refractivity contribution in [2.75, 3.05) is 24.5 Å². The van der Waals surface area contributed by atoms with Gasteiger partial charge in [0, 0.05) is 11.3 Å². The molecule has 0 spiro atoms. The van der Waals surface area contributed by atoms with Crippen molar-refractivity contribution in [1.82, 2.24) is 4.90 Å². The predicted octanol–water partition coefficient (Wildman–Crippen LogP) is 7.48. The van der Waals surface area contributed by atoms with Gasteiger partial charge in [-0.25, -0.2) is 0 Å². The lowest BCUT2D eigenvalue weighted by molar-refractivity contribution is 0.0985. The molecule has 0 heterocycles. The van der Waals surface area contributed by atoms with Crippen molar-refractivity contribution < 1.29 is 4.79 Å². The lowest BCUT2D eigenvalue weighted by Gasteiger charge is -2.25. The molecule has 0 fully saturated rings. The standard InChI is InChI=1S/C33H36N2O/c1-3-34(4-2)25-13-14-27-21-23-31(24-22-27)35(33(36)29-17-9-6-10-18-29)26-30-19-11-12-20-32(30)28-15-7-5-8-16-28/h5-12,15-24H,3-4,13-14,25-26H2,1-2H3. The van der Waals surface area contributed by atoms with Gasteiger partial charge in [0.05, 0.1) is 6.54 Å². The van der Waals surface area contributed by atoms with Crippen molar-refractivity contribution in [3.05, 3.63) is 126 Å². The maximum Gasteiger partial charge on any atom is 0.258 e. The van der Waals surface area contributed by atoms with Crippen molar-refractivity contribution in [1.29, 1.82) is 0 Å². The molecular weight excluding hydrogens is 440 g/mol. The van der Waals surface area contributed by atoms with E-state index in [2.05, 4.69) is 85.5 Å². The maximum absolute atomic E-state index is 13.7. The van der Waals surface area contributed by atoms with Gasteiger partial charge >= 0.3 is 0 Å². The summed E-state index contributed by atoms with van der Waals surface area (Å²) in [5, 5.41) is 0. The molecule has 0 saturated heterocycles. The van der Waals surface area contributed by atoms with E-state index in [9.17, 15) is 4.79 Å². The number of hydrogen-bond donors (Lipinski definition) is 0. The Labute approximate surface area is 216 Å². The smallest absolute Gasteiger partial charge is 0.258 e. The molecule has 4 aromatic carbocycles. The highest BCUT2D eigenvalue weighted by Gasteiger charge is 2.20. The lowest BCUT2D eigenvalue weighted by atomic mass is 9.99. The number of carbonyl (C=O) groups excluding carboxylic acids is 1. The second-order valence-corrected chi connectivity index (χ2v) is 9.08. The summed E-state index contributed by atoms with van der Waals surface area (Å²) in [7, 11) is 0. The third kappa shape index (κ3) is 6.50. The van der Waals surface area contributed by atoms with Gasteiger partial charge in [0.25, 0.3) is 5.91 Å². The fourth-order valence-electron chi connectivity index (χ4n) is 4.63. The van der Waals surface area contributed by atoms with E-state index in [4.69, 9.17) is 0 Å². The molecule has 0 atom stereocenters. The highest BCUT2D eigenvalue weighted by molar-refractivity contribution is 6.06. The first-order chi connectivity index (χ1) is 17.7. The first-order valence-corrected chi connectivity index (χ1v) is 13.0. The van der Waals surface area contributed by atoms with Gasteiger partial charge in [0.1, 0.15) is 0 Å². The highest BCUT2D eigenvalue weighted by atomic mass is 16.2. The molecule has 0 aliphatic carbocycles. The number of aryl methyl sites for hydroxylation is 1. The van der Waals surface area contributed by atoms with Gasteiger partial charge in [-0.05, 0) is 79.0 Å². The first-order valence-electron chi connectivity index (χ1n) is 13.0. The average molecular weight is 477 g/mol. The van der Waals surface area contributed by atoms with Crippen LogP contribution in [0.15, 0.2) is 109 Å². The van der Waals surface area contributed by atoms with Crippen LogP contribution in [-0.4, -0.2) is 30.4 Å². The summed E-state index contributed by atoms with van der Waals surface area (Å²) in [6, 6.07) is 36.8. The molecule has 0 aliphatic heterocycles. The van der Waals surface area contributed by atoms with Crippen LogP contribution in [-0.2, 0) is 13.0 Å². The molecule has 4 rings (SSSR count). The Morgan fingerprint density at radius 2 is 1.31 bits per heavy atom.